The van der Waals surface area contributed by atoms with Gasteiger partial charge in [0.1, 0.15) is 10.8 Å². The summed E-state index contributed by atoms with van der Waals surface area (Å²) < 4.78 is 13.9. The van der Waals surface area contributed by atoms with Crippen molar-refractivity contribution in [1.29, 1.82) is 0 Å². The van der Waals surface area contributed by atoms with Gasteiger partial charge in [0.2, 0.25) is 0 Å². The van der Waals surface area contributed by atoms with E-state index in [1.54, 1.807) is 12.1 Å². The van der Waals surface area contributed by atoms with E-state index in [1.807, 2.05) is 18.2 Å². The summed E-state index contributed by atoms with van der Waals surface area (Å²) in [6, 6.07) is 12.8. The average Bonchev–Trinajstić information content (AvgIpc) is 2.37. The summed E-state index contributed by atoms with van der Waals surface area (Å²) in [7, 11) is 0. The highest BCUT2D eigenvalue weighted by molar-refractivity contribution is 7.80. The lowest BCUT2D eigenvalue weighted by Gasteiger charge is -2.23. The predicted octanol–water partition coefficient (Wildman–Crippen LogP) is 4.50. The molecule has 0 aromatic heterocycles. The number of nitrogens with one attached hydrogen (secondary N) is 1. The van der Waals surface area contributed by atoms with Crippen molar-refractivity contribution in [2.75, 3.05) is 5.32 Å². The third-order valence-electron chi connectivity index (χ3n) is 3.25. The highest BCUT2D eigenvalue weighted by Crippen LogP contribution is 2.31. The zero-order valence-electron chi connectivity index (χ0n) is 12.4. The largest absolute Gasteiger partial charge is 0.389 e. The Morgan fingerprint density at radius 2 is 1.81 bits per heavy atom. The molecule has 0 aliphatic rings. The van der Waals surface area contributed by atoms with Crippen LogP contribution in [0.4, 0.5) is 15.8 Å². The average molecular weight is 302 g/mol. The quantitative estimate of drug-likeness (QED) is 0.820. The number of rotatable bonds is 3. The second kappa shape index (κ2) is 5.82. The van der Waals surface area contributed by atoms with Gasteiger partial charge in [-0.2, -0.15) is 0 Å². The summed E-state index contributed by atoms with van der Waals surface area (Å²) in [5.74, 6) is -0.416. The van der Waals surface area contributed by atoms with E-state index in [2.05, 4.69) is 32.2 Å². The number of hydrogen-bond donors (Lipinski definition) is 2. The fourth-order valence-electron chi connectivity index (χ4n) is 2.19. The molecule has 0 unspecified atom stereocenters. The molecule has 0 radical (unpaired) electrons. The van der Waals surface area contributed by atoms with Crippen molar-refractivity contribution in [3.63, 3.8) is 0 Å². The summed E-state index contributed by atoms with van der Waals surface area (Å²) in [6.45, 7) is 6.43. The minimum Gasteiger partial charge on any atom is -0.389 e. The normalized spacial score (nSPS) is 11.2. The topological polar surface area (TPSA) is 38.0 Å². The fraction of sp³-hybridized carbons (Fsp3) is 0.235. The third kappa shape index (κ3) is 3.58. The summed E-state index contributed by atoms with van der Waals surface area (Å²) in [6.07, 6.45) is 0. The van der Waals surface area contributed by atoms with E-state index in [-0.39, 0.29) is 16.0 Å². The smallest absolute Gasteiger partial charge is 0.135 e. The van der Waals surface area contributed by atoms with Gasteiger partial charge in [-0.15, -0.1) is 0 Å². The maximum absolute atomic E-state index is 13.9. The van der Waals surface area contributed by atoms with Crippen molar-refractivity contribution in [3.8, 4) is 0 Å². The van der Waals surface area contributed by atoms with Crippen molar-refractivity contribution in [2.24, 2.45) is 5.73 Å². The first-order valence-corrected chi connectivity index (χ1v) is 7.16. The van der Waals surface area contributed by atoms with Crippen LogP contribution < -0.4 is 11.1 Å². The molecule has 0 aliphatic carbocycles. The predicted molar refractivity (Wildman–Crippen MR) is 90.7 cm³/mol. The maximum atomic E-state index is 13.9. The van der Waals surface area contributed by atoms with E-state index in [1.165, 1.54) is 11.6 Å². The fourth-order valence-corrected chi connectivity index (χ4v) is 2.36. The molecule has 110 valence electrons. The Labute approximate surface area is 130 Å². The standard InChI is InChI=1S/C17H19FN2S/c1-17(2,3)13-6-4-5-7-15(13)20-11-8-9-12(16(19)21)14(18)10-11/h4-10,20H,1-3H3,(H2,19,21). The zero-order chi connectivity index (χ0) is 15.6. The Morgan fingerprint density at radius 1 is 1.14 bits per heavy atom. The van der Waals surface area contributed by atoms with Crippen LogP contribution in [-0.2, 0) is 5.41 Å². The lowest BCUT2D eigenvalue weighted by molar-refractivity contribution is 0.592. The van der Waals surface area contributed by atoms with Gasteiger partial charge in [-0.25, -0.2) is 4.39 Å². The highest BCUT2D eigenvalue weighted by Gasteiger charge is 2.17. The van der Waals surface area contributed by atoms with E-state index in [0.29, 0.717) is 5.69 Å². The molecule has 0 saturated carbocycles. The Bertz CT molecular complexity index is 675. The molecule has 4 heteroatoms. The summed E-state index contributed by atoms with van der Waals surface area (Å²) >= 11 is 4.81. The van der Waals surface area contributed by atoms with Crippen LogP contribution in [0, 0.1) is 5.82 Å². The number of benzene rings is 2. The molecule has 0 spiro atoms. The molecular weight excluding hydrogens is 283 g/mol. The molecule has 0 aliphatic heterocycles. The van der Waals surface area contributed by atoms with Gasteiger partial charge in [-0.05, 0) is 35.2 Å². The van der Waals surface area contributed by atoms with Crippen LogP contribution in [0.25, 0.3) is 0 Å². The molecule has 0 heterocycles. The Kier molecular flexibility index (Phi) is 4.28. The number of halogens is 1. The van der Waals surface area contributed by atoms with Gasteiger partial charge in [0.25, 0.3) is 0 Å². The molecule has 2 aromatic carbocycles. The lowest BCUT2D eigenvalue weighted by atomic mass is 9.86. The van der Waals surface area contributed by atoms with Gasteiger partial charge < -0.3 is 11.1 Å². The first-order valence-electron chi connectivity index (χ1n) is 6.75. The monoisotopic (exact) mass is 302 g/mol. The number of hydrogen-bond acceptors (Lipinski definition) is 2. The molecule has 3 N–H and O–H groups in total. The van der Waals surface area contributed by atoms with Crippen molar-refractivity contribution in [2.45, 2.75) is 26.2 Å². The van der Waals surface area contributed by atoms with E-state index >= 15 is 0 Å². The van der Waals surface area contributed by atoms with E-state index in [4.69, 9.17) is 18.0 Å². The van der Waals surface area contributed by atoms with Crippen molar-refractivity contribution >= 4 is 28.6 Å². The van der Waals surface area contributed by atoms with Crippen LogP contribution in [0.5, 0.6) is 0 Å². The molecule has 0 bridgehead atoms. The second-order valence-corrected chi connectivity index (χ2v) is 6.42. The van der Waals surface area contributed by atoms with Gasteiger partial charge in [0.05, 0.1) is 0 Å². The molecule has 2 rings (SSSR count). The van der Waals surface area contributed by atoms with Crippen LogP contribution in [-0.4, -0.2) is 4.99 Å². The maximum Gasteiger partial charge on any atom is 0.135 e. The first kappa shape index (κ1) is 15.4. The van der Waals surface area contributed by atoms with Crippen molar-refractivity contribution < 1.29 is 4.39 Å². The Hall–Kier alpha value is -1.94. The van der Waals surface area contributed by atoms with Crippen molar-refractivity contribution in [3.05, 3.63) is 59.4 Å². The van der Waals surface area contributed by atoms with Gasteiger partial charge in [-0.3, -0.25) is 0 Å². The van der Waals surface area contributed by atoms with Gasteiger partial charge >= 0.3 is 0 Å². The Balaban J connectivity index is 2.35. The molecule has 21 heavy (non-hydrogen) atoms. The molecule has 0 fully saturated rings. The minimum atomic E-state index is -0.416. The molecule has 2 aromatic rings. The number of para-hydroxylation sites is 1. The third-order valence-corrected chi connectivity index (χ3v) is 3.47. The zero-order valence-corrected chi connectivity index (χ0v) is 13.2. The van der Waals surface area contributed by atoms with Crippen LogP contribution in [0.2, 0.25) is 0 Å². The lowest BCUT2D eigenvalue weighted by Crippen LogP contribution is -2.14. The second-order valence-electron chi connectivity index (χ2n) is 5.98. The Morgan fingerprint density at radius 3 is 2.38 bits per heavy atom. The molecule has 2 nitrogen and oxygen atoms in total. The number of anilines is 2. The van der Waals surface area contributed by atoms with E-state index in [9.17, 15) is 4.39 Å². The molecular formula is C17H19FN2S. The van der Waals surface area contributed by atoms with Gasteiger partial charge in [0, 0.05) is 16.9 Å². The highest BCUT2D eigenvalue weighted by atomic mass is 32.1. The number of nitrogens with two attached hydrogens (primary N) is 1. The van der Waals surface area contributed by atoms with E-state index < -0.39 is 5.82 Å². The van der Waals surface area contributed by atoms with Gasteiger partial charge in [-0.1, -0.05) is 51.2 Å². The van der Waals surface area contributed by atoms with Crippen LogP contribution in [0.15, 0.2) is 42.5 Å². The van der Waals surface area contributed by atoms with E-state index in [0.717, 1.165) is 5.69 Å². The number of thiocarbonyl (C=S) groups is 1. The van der Waals surface area contributed by atoms with Gasteiger partial charge in [0.15, 0.2) is 0 Å². The summed E-state index contributed by atoms with van der Waals surface area (Å²) in [5, 5.41) is 3.26. The molecule has 0 amide bonds. The summed E-state index contributed by atoms with van der Waals surface area (Å²) in [4.78, 5) is 0.0640. The van der Waals surface area contributed by atoms with Crippen LogP contribution >= 0.6 is 12.2 Å². The first-order chi connectivity index (χ1) is 9.79. The van der Waals surface area contributed by atoms with Crippen LogP contribution in [0.1, 0.15) is 31.9 Å². The summed E-state index contributed by atoms with van der Waals surface area (Å²) in [5.41, 5.74) is 8.54. The SMILES string of the molecule is CC(C)(C)c1ccccc1Nc1ccc(C(N)=S)c(F)c1. The molecule has 0 saturated heterocycles. The van der Waals surface area contributed by atoms with Crippen LogP contribution in [0.3, 0.4) is 0 Å². The van der Waals surface area contributed by atoms with Crippen molar-refractivity contribution in [1.82, 2.24) is 0 Å². The minimum absolute atomic E-state index is 0.000896. The molecule has 0 atom stereocenters.